The number of thiazole rings is 1. The van der Waals surface area contributed by atoms with E-state index in [1.807, 2.05) is 47.4 Å². The van der Waals surface area contributed by atoms with Gasteiger partial charge >= 0.3 is 0 Å². The molecule has 24 heavy (non-hydrogen) atoms. The Kier molecular flexibility index (Phi) is 4.13. The quantitative estimate of drug-likeness (QED) is 0.652. The largest absolute Gasteiger partial charge is 0.332 e. The Labute approximate surface area is 145 Å². The van der Waals surface area contributed by atoms with Crippen molar-refractivity contribution in [1.29, 1.82) is 0 Å². The van der Waals surface area contributed by atoms with Gasteiger partial charge in [0.1, 0.15) is 5.01 Å². The van der Waals surface area contributed by atoms with E-state index in [1.165, 1.54) is 5.56 Å². The summed E-state index contributed by atoms with van der Waals surface area (Å²) in [7, 11) is 0. The first-order valence-corrected chi connectivity index (χ1v) is 9.02. The number of benzene rings is 2. The molecule has 1 saturated heterocycles. The Morgan fingerprint density at radius 2 is 1.92 bits per heavy atom. The van der Waals surface area contributed by atoms with Crippen molar-refractivity contribution in [2.75, 3.05) is 6.54 Å². The van der Waals surface area contributed by atoms with Gasteiger partial charge in [0.25, 0.3) is 0 Å². The zero-order valence-corrected chi connectivity index (χ0v) is 14.1. The van der Waals surface area contributed by atoms with Crippen molar-refractivity contribution in [3.8, 4) is 0 Å². The third kappa shape index (κ3) is 2.97. The number of hydrogen-bond donors (Lipinski definition) is 0. The van der Waals surface area contributed by atoms with Crippen molar-refractivity contribution in [3.05, 3.63) is 71.2 Å². The zero-order valence-electron chi connectivity index (χ0n) is 13.3. The highest BCUT2D eigenvalue weighted by molar-refractivity contribution is 7.19. The molecule has 1 atom stereocenters. The Bertz CT molecular complexity index is 852. The van der Waals surface area contributed by atoms with Gasteiger partial charge in [0.2, 0.25) is 5.91 Å². The molecule has 1 aromatic heterocycles. The van der Waals surface area contributed by atoms with Gasteiger partial charge < -0.3 is 4.90 Å². The Hall–Kier alpha value is -2.46. The number of likely N-dealkylation sites (tertiary alicyclic amines) is 1. The summed E-state index contributed by atoms with van der Waals surface area (Å²) >= 11 is 1.61. The van der Waals surface area contributed by atoms with E-state index in [-0.39, 0.29) is 11.9 Å². The fourth-order valence-electron chi connectivity index (χ4n) is 3.25. The molecule has 1 fully saturated rings. The minimum absolute atomic E-state index is 0.0700. The second-order valence-electron chi connectivity index (χ2n) is 5.95. The smallest absolute Gasteiger partial charge is 0.247 e. The van der Waals surface area contributed by atoms with Crippen molar-refractivity contribution in [2.24, 2.45) is 0 Å². The number of carbonyl (C=O) groups excluding carboxylic acids is 1. The summed E-state index contributed by atoms with van der Waals surface area (Å²) in [6.45, 7) is 0.822. The number of para-hydroxylation sites is 1. The van der Waals surface area contributed by atoms with Crippen molar-refractivity contribution >= 4 is 33.5 Å². The summed E-state index contributed by atoms with van der Waals surface area (Å²) in [6, 6.07) is 18.5. The Balaban J connectivity index is 1.52. The van der Waals surface area contributed by atoms with Crippen molar-refractivity contribution in [2.45, 2.75) is 18.9 Å². The first-order chi connectivity index (χ1) is 11.8. The predicted octanol–water partition coefficient (Wildman–Crippen LogP) is 4.67. The molecule has 4 heteroatoms. The summed E-state index contributed by atoms with van der Waals surface area (Å²) in [5.74, 6) is 0.0700. The molecule has 4 rings (SSSR count). The van der Waals surface area contributed by atoms with Gasteiger partial charge in [-0.1, -0.05) is 42.5 Å². The van der Waals surface area contributed by atoms with Crippen LogP contribution in [0.2, 0.25) is 0 Å². The summed E-state index contributed by atoms with van der Waals surface area (Å²) in [5.41, 5.74) is 2.20. The fourth-order valence-corrected chi connectivity index (χ4v) is 4.12. The molecule has 0 spiro atoms. The summed E-state index contributed by atoms with van der Waals surface area (Å²) in [6.07, 6.45) is 5.59. The molecule has 1 aliphatic heterocycles. The first kappa shape index (κ1) is 15.1. The van der Waals surface area contributed by atoms with E-state index in [0.29, 0.717) is 0 Å². The van der Waals surface area contributed by atoms with Crippen LogP contribution in [-0.4, -0.2) is 22.3 Å². The lowest BCUT2D eigenvalue weighted by Gasteiger charge is -2.23. The number of fused-ring (bicyclic) bond motifs is 1. The van der Waals surface area contributed by atoms with Crippen LogP contribution in [0.25, 0.3) is 16.3 Å². The van der Waals surface area contributed by atoms with Crippen molar-refractivity contribution in [3.63, 3.8) is 0 Å². The first-order valence-electron chi connectivity index (χ1n) is 8.20. The molecule has 3 nitrogen and oxygen atoms in total. The second kappa shape index (κ2) is 6.57. The van der Waals surface area contributed by atoms with Crippen LogP contribution >= 0.6 is 11.3 Å². The zero-order chi connectivity index (χ0) is 16.4. The standard InChI is InChI=1S/C20H18N2OS/c23-20(13-12-19-21-16-9-4-5-11-18(16)24-19)22-14-6-10-17(22)15-7-2-1-3-8-15/h1-5,7-9,11-13,17H,6,10,14H2/b13-12+. The molecule has 3 aromatic rings. The van der Waals surface area contributed by atoms with Gasteiger partial charge in [-0.15, -0.1) is 11.3 Å². The fraction of sp³-hybridized carbons (Fsp3) is 0.200. The van der Waals surface area contributed by atoms with Crippen molar-refractivity contribution < 1.29 is 4.79 Å². The molecule has 1 aliphatic rings. The molecule has 1 unspecified atom stereocenters. The Morgan fingerprint density at radius 1 is 1.12 bits per heavy atom. The number of aromatic nitrogens is 1. The molecule has 120 valence electrons. The van der Waals surface area contributed by atoms with Crippen LogP contribution in [0.5, 0.6) is 0 Å². The average molecular weight is 334 g/mol. The lowest BCUT2D eigenvalue weighted by Crippen LogP contribution is -2.28. The summed E-state index contributed by atoms with van der Waals surface area (Å²) < 4.78 is 1.15. The van der Waals surface area contributed by atoms with E-state index < -0.39 is 0 Å². The van der Waals surface area contributed by atoms with Gasteiger partial charge in [-0.3, -0.25) is 4.79 Å². The van der Waals surface area contributed by atoms with Crippen LogP contribution in [0.1, 0.15) is 29.5 Å². The molecule has 0 bridgehead atoms. The van der Waals surface area contributed by atoms with Gasteiger partial charge in [0.05, 0.1) is 16.3 Å². The molecule has 0 saturated carbocycles. The van der Waals surface area contributed by atoms with Crippen molar-refractivity contribution in [1.82, 2.24) is 9.88 Å². The lowest BCUT2D eigenvalue weighted by molar-refractivity contribution is -0.126. The highest BCUT2D eigenvalue weighted by atomic mass is 32.1. The molecule has 2 aromatic carbocycles. The van der Waals surface area contributed by atoms with Crippen LogP contribution < -0.4 is 0 Å². The van der Waals surface area contributed by atoms with E-state index >= 15 is 0 Å². The number of amides is 1. The number of carbonyl (C=O) groups is 1. The Morgan fingerprint density at radius 3 is 2.75 bits per heavy atom. The number of hydrogen-bond acceptors (Lipinski definition) is 3. The van der Waals surface area contributed by atoms with Gasteiger partial charge in [0.15, 0.2) is 0 Å². The number of rotatable bonds is 3. The van der Waals surface area contributed by atoms with Gasteiger partial charge in [-0.2, -0.15) is 0 Å². The van der Waals surface area contributed by atoms with Crippen LogP contribution in [-0.2, 0) is 4.79 Å². The normalized spacial score (nSPS) is 17.8. The van der Waals surface area contributed by atoms with E-state index in [4.69, 9.17) is 0 Å². The minimum Gasteiger partial charge on any atom is -0.332 e. The maximum Gasteiger partial charge on any atom is 0.247 e. The highest BCUT2D eigenvalue weighted by Crippen LogP contribution is 2.32. The monoisotopic (exact) mass is 334 g/mol. The predicted molar refractivity (Wildman–Crippen MR) is 98.8 cm³/mol. The van der Waals surface area contributed by atoms with Crippen LogP contribution in [0.4, 0.5) is 0 Å². The molecular formula is C20H18N2OS. The minimum atomic E-state index is 0.0700. The van der Waals surface area contributed by atoms with Gasteiger partial charge in [-0.25, -0.2) is 4.98 Å². The number of nitrogens with zero attached hydrogens (tertiary/aromatic N) is 2. The van der Waals surface area contributed by atoms with E-state index in [1.54, 1.807) is 17.4 Å². The van der Waals surface area contributed by atoms with E-state index in [2.05, 4.69) is 23.2 Å². The van der Waals surface area contributed by atoms with Crippen LogP contribution in [0.3, 0.4) is 0 Å². The topological polar surface area (TPSA) is 33.2 Å². The maximum atomic E-state index is 12.6. The SMILES string of the molecule is O=C(/C=C/c1nc2ccccc2s1)N1CCCC1c1ccccc1. The lowest BCUT2D eigenvalue weighted by atomic mass is 10.0. The third-order valence-electron chi connectivity index (χ3n) is 4.40. The average Bonchev–Trinajstić information content (AvgIpc) is 3.27. The second-order valence-corrected chi connectivity index (χ2v) is 7.02. The third-order valence-corrected chi connectivity index (χ3v) is 5.40. The van der Waals surface area contributed by atoms with Gasteiger partial charge in [0, 0.05) is 12.6 Å². The van der Waals surface area contributed by atoms with Crippen LogP contribution in [0.15, 0.2) is 60.7 Å². The maximum absolute atomic E-state index is 12.6. The van der Waals surface area contributed by atoms with E-state index in [9.17, 15) is 4.79 Å². The molecule has 0 aliphatic carbocycles. The molecular weight excluding hydrogens is 316 g/mol. The van der Waals surface area contributed by atoms with Crippen LogP contribution in [0, 0.1) is 0 Å². The summed E-state index contributed by atoms with van der Waals surface area (Å²) in [5, 5.41) is 0.875. The highest BCUT2D eigenvalue weighted by Gasteiger charge is 2.28. The molecule has 1 amide bonds. The summed E-state index contributed by atoms with van der Waals surface area (Å²) in [4.78, 5) is 19.2. The van der Waals surface area contributed by atoms with Gasteiger partial charge in [-0.05, 0) is 36.6 Å². The molecule has 2 heterocycles. The van der Waals surface area contributed by atoms with E-state index in [0.717, 1.165) is 34.6 Å². The molecule has 0 N–H and O–H groups in total. The molecule has 0 radical (unpaired) electrons.